The summed E-state index contributed by atoms with van der Waals surface area (Å²) >= 11 is 0. The van der Waals surface area contributed by atoms with Crippen molar-refractivity contribution in [3.63, 3.8) is 0 Å². The number of amides is 1. The normalized spacial score (nSPS) is 11.2. The molecule has 0 aromatic carbocycles. The standard InChI is InChI=1S/C9H19NO3/c1-5-10(7-9(3,4)12)8(11)13-6-2/h12H,5-7H2,1-4H3. The molecule has 0 atom stereocenters. The molecule has 0 rings (SSSR count). The third kappa shape index (κ3) is 5.47. The minimum atomic E-state index is -0.872. The van der Waals surface area contributed by atoms with E-state index in [0.717, 1.165) is 0 Å². The largest absolute Gasteiger partial charge is 0.450 e. The van der Waals surface area contributed by atoms with Crippen molar-refractivity contribution in [1.82, 2.24) is 4.90 Å². The third-order valence-corrected chi connectivity index (χ3v) is 1.49. The first kappa shape index (κ1) is 12.2. The Hall–Kier alpha value is -0.770. The number of carbonyl (C=O) groups excluding carboxylic acids is 1. The lowest BCUT2D eigenvalue weighted by molar-refractivity contribution is 0.0305. The van der Waals surface area contributed by atoms with Crippen LogP contribution in [0.2, 0.25) is 0 Å². The summed E-state index contributed by atoms with van der Waals surface area (Å²) in [7, 11) is 0. The number of rotatable bonds is 4. The van der Waals surface area contributed by atoms with Crippen LogP contribution >= 0.6 is 0 Å². The molecule has 0 aromatic rings. The van der Waals surface area contributed by atoms with Crippen LogP contribution in [-0.2, 0) is 4.74 Å². The zero-order valence-corrected chi connectivity index (χ0v) is 8.83. The maximum Gasteiger partial charge on any atom is 0.409 e. The first-order chi connectivity index (χ1) is 5.90. The molecule has 0 aromatic heterocycles. The lowest BCUT2D eigenvalue weighted by Gasteiger charge is -2.27. The van der Waals surface area contributed by atoms with Crippen molar-refractivity contribution in [2.75, 3.05) is 19.7 Å². The van der Waals surface area contributed by atoms with E-state index in [1.54, 1.807) is 20.8 Å². The van der Waals surface area contributed by atoms with E-state index in [0.29, 0.717) is 19.7 Å². The maximum atomic E-state index is 11.2. The van der Waals surface area contributed by atoms with Gasteiger partial charge in [0.2, 0.25) is 0 Å². The highest BCUT2D eigenvalue weighted by Gasteiger charge is 2.21. The number of hydrogen-bond donors (Lipinski definition) is 1. The predicted molar refractivity (Wildman–Crippen MR) is 50.6 cm³/mol. The van der Waals surface area contributed by atoms with Crippen molar-refractivity contribution < 1.29 is 14.6 Å². The van der Waals surface area contributed by atoms with Crippen molar-refractivity contribution in [2.45, 2.75) is 33.3 Å². The molecule has 0 saturated carbocycles. The average molecular weight is 189 g/mol. The fourth-order valence-electron chi connectivity index (χ4n) is 0.987. The Bertz CT molecular complexity index is 163. The molecule has 0 heterocycles. The van der Waals surface area contributed by atoms with E-state index in [1.807, 2.05) is 6.92 Å². The fraction of sp³-hybridized carbons (Fsp3) is 0.889. The molecular weight excluding hydrogens is 170 g/mol. The van der Waals surface area contributed by atoms with Crippen LogP contribution in [0.25, 0.3) is 0 Å². The highest BCUT2D eigenvalue weighted by molar-refractivity contribution is 5.67. The van der Waals surface area contributed by atoms with Crippen LogP contribution in [0.3, 0.4) is 0 Å². The Morgan fingerprint density at radius 3 is 2.31 bits per heavy atom. The van der Waals surface area contributed by atoms with Crippen LogP contribution in [0.4, 0.5) is 4.79 Å². The van der Waals surface area contributed by atoms with E-state index in [4.69, 9.17) is 4.74 Å². The van der Waals surface area contributed by atoms with E-state index in [2.05, 4.69) is 0 Å². The number of ether oxygens (including phenoxy) is 1. The molecule has 0 saturated heterocycles. The monoisotopic (exact) mass is 189 g/mol. The molecule has 4 heteroatoms. The molecule has 1 amide bonds. The van der Waals surface area contributed by atoms with Crippen molar-refractivity contribution in [1.29, 1.82) is 0 Å². The Morgan fingerprint density at radius 2 is 2.00 bits per heavy atom. The zero-order valence-electron chi connectivity index (χ0n) is 8.83. The number of hydrogen-bond acceptors (Lipinski definition) is 3. The number of carbonyl (C=O) groups is 1. The molecule has 0 bridgehead atoms. The molecule has 13 heavy (non-hydrogen) atoms. The molecule has 0 fully saturated rings. The number of likely N-dealkylation sites (N-methyl/N-ethyl adjacent to an activating group) is 1. The van der Waals surface area contributed by atoms with Crippen LogP contribution in [-0.4, -0.2) is 41.4 Å². The summed E-state index contributed by atoms with van der Waals surface area (Å²) < 4.78 is 4.82. The second-order valence-corrected chi connectivity index (χ2v) is 3.53. The lowest BCUT2D eigenvalue weighted by Crippen LogP contribution is -2.42. The highest BCUT2D eigenvalue weighted by Crippen LogP contribution is 2.05. The lowest BCUT2D eigenvalue weighted by atomic mass is 10.1. The molecule has 1 N–H and O–H groups in total. The molecule has 78 valence electrons. The molecule has 0 aliphatic rings. The zero-order chi connectivity index (χ0) is 10.5. The molecular formula is C9H19NO3. The second-order valence-electron chi connectivity index (χ2n) is 3.53. The summed E-state index contributed by atoms with van der Waals surface area (Å²) in [6, 6.07) is 0. The Labute approximate surface area is 79.5 Å². The molecule has 0 unspecified atom stereocenters. The summed E-state index contributed by atoms with van der Waals surface area (Å²) in [4.78, 5) is 12.7. The van der Waals surface area contributed by atoms with Gasteiger partial charge in [-0.3, -0.25) is 0 Å². The van der Waals surface area contributed by atoms with Gasteiger partial charge in [-0.05, 0) is 27.7 Å². The van der Waals surface area contributed by atoms with Gasteiger partial charge in [0, 0.05) is 6.54 Å². The van der Waals surface area contributed by atoms with E-state index in [1.165, 1.54) is 4.90 Å². The first-order valence-corrected chi connectivity index (χ1v) is 4.54. The van der Waals surface area contributed by atoms with Crippen LogP contribution in [0, 0.1) is 0 Å². The van der Waals surface area contributed by atoms with Crippen molar-refractivity contribution in [2.24, 2.45) is 0 Å². The third-order valence-electron chi connectivity index (χ3n) is 1.49. The Kier molecular flexibility index (Phi) is 4.77. The highest BCUT2D eigenvalue weighted by atomic mass is 16.6. The topological polar surface area (TPSA) is 49.8 Å². The van der Waals surface area contributed by atoms with Gasteiger partial charge in [-0.15, -0.1) is 0 Å². The number of aliphatic hydroxyl groups is 1. The van der Waals surface area contributed by atoms with Gasteiger partial charge in [0.1, 0.15) is 0 Å². The van der Waals surface area contributed by atoms with E-state index >= 15 is 0 Å². The van der Waals surface area contributed by atoms with Crippen LogP contribution in [0.15, 0.2) is 0 Å². The SMILES string of the molecule is CCOC(=O)N(CC)CC(C)(C)O. The summed E-state index contributed by atoms with van der Waals surface area (Å²) in [5.41, 5.74) is -0.872. The van der Waals surface area contributed by atoms with E-state index in [-0.39, 0.29) is 6.09 Å². The van der Waals surface area contributed by atoms with Gasteiger partial charge < -0.3 is 14.7 Å². The molecule has 0 aliphatic carbocycles. The quantitative estimate of drug-likeness (QED) is 0.723. The molecule has 0 aliphatic heterocycles. The summed E-state index contributed by atoms with van der Waals surface area (Å²) in [5, 5.41) is 9.49. The Morgan fingerprint density at radius 1 is 1.46 bits per heavy atom. The van der Waals surface area contributed by atoms with Gasteiger partial charge in [-0.1, -0.05) is 0 Å². The van der Waals surface area contributed by atoms with Gasteiger partial charge in [-0.2, -0.15) is 0 Å². The van der Waals surface area contributed by atoms with Crippen LogP contribution in [0.5, 0.6) is 0 Å². The van der Waals surface area contributed by atoms with Gasteiger partial charge >= 0.3 is 6.09 Å². The van der Waals surface area contributed by atoms with Crippen molar-refractivity contribution >= 4 is 6.09 Å². The van der Waals surface area contributed by atoms with E-state index in [9.17, 15) is 9.90 Å². The average Bonchev–Trinajstić information content (AvgIpc) is 1.99. The molecule has 4 nitrogen and oxygen atoms in total. The summed E-state index contributed by atoms with van der Waals surface area (Å²) in [5.74, 6) is 0. The van der Waals surface area contributed by atoms with Crippen molar-refractivity contribution in [3.05, 3.63) is 0 Å². The minimum absolute atomic E-state index is 0.294. The molecule has 0 radical (unpaired) electrons. The second kappa shape index (κ2) is 5.07. The van der Waals surface area contributed by atoms with Gasteiger partial charge in [0.25, 0.3) is 0 Å². The summed E-state index contributed by atoms with van der Waals surface area (Å²) in [6.07, 6.45) is -0.368. The first-order valence-electron chi connectivity index (χ1n) is 4.54. The predicted octanol–water partition coefficient (Wildman–Crippen LogP) is 1.24. The maximum absolute atomic E-state index is 11.2. The fourth-order valence-corrected chi connectivity index (χ4v) is 0.987. The molecule has 0 spiro atoms. The minimum Gasteiger partial charge on any atom is -0.450 e. The van der Waals surface area contributed by atoms with Crippen molar-refractivity contribution in [3.8, 4) is 0 Å². The van der Waals surface area contributed by atoms with Gasteiger partial charge in [0.15, 0.2) is 0 Å². The van der Waals surface area contributed by atoms with Gasteiger partial charge in [-0.25, -0.2) is 4.79 Å². The van der Waals surface area contributed by atoms with Crippen LogP contribution < -0.4 is 0 Å². The van der Waals surface area contributed by atoms with Crippen LogP contribution in [0.1, 0.15) is 27.7 Å². The smallest absolute Gasteiger partial charge is 0.409 e. The summed E-state index contributed by atoms with van der Waals surface area (Å²) in [6.45, 7) is 8.13. The van der Waals surface area contributed by atoms with E-state index < -0.39 is 5.60 Å². The Balaban J connectivity index is 4.10. The number of nitrogens with zero attached hydrogens (tertiary/aromatic N) is 1. The van der Waals surface area contributed by atoms with Gasteiger partial charge in [0.05, 0.1) is 18.8 Å².